The van der Waals surface area contributed by atoms with E-state index >= 15 is 0 Å². The standard InChI is InChI=1S/C22H34N2O2/c1-13(12-25)15-6-7-16-14-4-5-18-20(24-23)19(26)9-11-22(18,3)17(14)8-10-21(15,16)2/h13-18,25H,4-12H2,1-3H3/p+1/t13-,14-,15?,16-,17-,18-,21+,22+/m0/s1. The van der Waals surface area contributed by atoms with Gasteiger partial charge >= 0.3 is 5.70 Å². The van der Waals surface area contributed by atoms with Gasteiger partial charge in [0, 0.05) is 13.0 Å². The van der Waals surface area contributed by atoms with E-state index in [-0.39, 0.29) is 11.3 Å². The lowest BCUT2D eigenvalue weighted by Gasteiger charge is -2.59. The predicted molar refractivity (Wildman–Crippen MR) is 102 cm³/mol. The minimum absolute atomic E-state index is 0.152. The Morgan fingerprint density at radius 1 is 1.08 bits per heavy atom. The van der Waals surface area contributed by atoms with E-state index in [1.807, 2.05) is 0 Å². The monoisotopic (exact) mass is 359 g/mol. The van der Waals surface area contributed by atoms with Gasteiger partial charge in [0.2, 0.25) is 5.39 Å². The zero-order valence-corrected chi connectivity index (χ0v) is 16.6. The van der Waals surface area contributed by atoms with Gasteiger partial charge in [-0.05, 0) is 85.4 Å². The molecule has 1 unspecified atom stereocenters. The van der Waals surface area contributed by atoms with E-state index in [4.69, 9.17) is 0 Å². The van der Waals surface area contributed by atoms with E-state index < -0.39 is 0 Å². The number of diazo groups is 1. The van der Waals surface area contributed by atoms with Gasteiger partial charge in [-0.15, -0.1) is 0 Å². The van der Waals surface area contributed by atoms with Gasteiger partial charge in [-0.25, -0.2) is 0 Å². The molecule has 8 atom stereocenters. The minimum atomic E-state index is 0.152. The quantitative estimate of drug-likeness (QED) is 0.639. The second kappa shape index (κ2) is 6.23. The molecule has 4 aliphatic carbocycles. The number of hydrogen-bond donors (Lipinski definition) is 2. The number of allylic oxidation sites excluding steroid dienone is 2. The summed E-state index contributed by atoms with van der Waals surface area (Å²) in [6.07, 6.45) is 8.99. The van der Waals surface area contributed by atoms with Crippen LogP contribution in [0.15, 0.2) is 11.5 Å². The van der Waals surface area contributed by atoms with Crippen molar-refractivity contribution in [2.24, 2.45) is 46.3 Å². The van der Waals surface area contributed by atoms with Crippen LogP contribution in [0.2, 0.25) is 0 Å². The van der Waals surface area contributed by atoms with Gasteiger partial charge in [0.15, 0.2) is 10.7 Å². The molecule has 0 saturated heterocycles. The maximum absolute atomic E-state index is 10.2. The number of aliphatic hydroxyl groups excluding tert-OH is 2. The van der Waals surface area contributed by atoms with Crippen molar-refractivity contribution in [2.45, 2.75) is 72.1 Å². The Bertz CT molecular complexity index is 653. The van der Waals surface area contributed by atoms with E-state index in [0.717, 1.165) is 24.7 Å². The summed E-state index contributed by atoms with van der Waals surface area (Å²) < 4.78 is 0. The molecule has 0 aromatic heterocycles. The van der Waals surface area contributed by atoms with Crippen LogP contribution in [0.5, 0.6) is 0 Å². The second-order valence-corrected chi connectivity index (χ2v) is 10.3. The molecule has 0 heterocycles. The Labute approximate surface area is 157 Å². The molecule has 4 nitrogen and oxygen atoms in total. The number of hydrogen-bond acceptors (Lipinski definition) is 3. The number of aliphatic hydroxyl groups is 2. The summed E-state index contributed by atoms with van der Waals surface area (Å²) in [6, 6.07) is 0. The van der Waals surface area contributed by atoms with Gasteiger partial charge in [-0.2, -0.15) is 0 Å². The molecule has 0 radical (unpaired) electrons. The first kappa shape index (κ1) is 18.3. The molecule has 2 N–H and O–H groups in total. The van der Waals surface area contributed by atoms with Crippen LogP contribution in [0, 0.1) is 51.7 Å². The molecular weight excluding hydrogens is 324 g/mol. The zero-order chi connectivity index (χ0) is 18.7. The second-order valence-electron chi connectivity index (χ2n) is 10.3. The van der Waals surface area contributed by atoms with Crippen molar-refractivity contribution in [3.63, 3.8) is 0 Å². The van der Waals surface area contributed by atoms with Gasteiger partial charge in [-0.1, -0.05) is 20.8 Å². The molecule has 0 aromatic rings. The lowest BCUT2D eigenvalue weighted by atomic mass is 9.45. The molecule has 4 rings (SSSR count). The lowest BCUT2D eigenvalue weighted by molar-refractivity contribution is -0.101. The third-order valence-corrected chi connectivity index (χ3v) is 9.55. The van der Waals surface area contributed by atoms with Gasteiger partial charge in [0.05, 0.1) is 5.92 Å². The van der Waals surface area contributed by atoms with Crippen molar-refractivity contribution in [1.82, 2.24) is 0 Å². The van der Waals surface area contributed by atoms with Gasteiger partial charge < -0.3 is 10.2 Å². The highest BCUT2D eigenvalue weighted by atomic mass is 16.3. The first-order chi connectivity index (χ1) is 12.4. The molecule has 0 aliphatic heterocycles. The maximum Gasteiger partial charge on any atom is 0.401 e. The van der Waals surface area contributed by atoms with E-state index in [2.05, 4.69) is 25.7 Å². The Hall–Kier alpha value is -1.08. The van der Waals surface area contributed by atoms with Crippen molar-refractivity contribution in [1.29, 1.82) is 5.39 Å². The van der Waals surface area contributed by atoms with Crippen LogP contribution in [0.4, 0.5) is 0 Å². The van der Waals surface area contributed by atoms with E-state index in [9.17, 15) is 15.6 Å². The maximum atomic E-state index is 10.2. The Morgan fingerprint density at radius 2 is 1.81 bits per heavy atom. The third kappa shape index (κ3) is 2.32. The smallest absolute Gasteiger partial charge is 0.401 e. The lowest BCUT2D eigenvalue weighted by Crippen LogP contribution is -2.53. The molecule has 3 fully saturated rings. The first-order valence-corrected chi connectivity index (χ1v) is 10.7. The van der Waals surface area contributed by atoms with E-state index in [1.54, 1.807) is 0 Å². The zero-order valence-electron chi connectivity index (χ0n) is 16.6. The van der Waals surface area contributed by atoms with Crippen molar-refractivity contribution < 1.29 is 10.2 Å². The first-order valence-electron chi connectivity index (χ1n) is 10.7. The summed E-state index contributed by atoms with van der Waals surface area (Å²) in [5, 5.41) is 29.5. The fraction of sp³-hybridized carbons (Fsp3) is 0.909. The van der Waals surface area contributed by atoms with Crippen molar-refractivity contribution in [2.75, 3.05) is 6.61 Å². The van der Waals surface area contributed by atoms with E-state index in [1.165, 1.54) is 32.1 Å². The van der Waals surface area contributed by atoms with E-state index in [0.29, 0.717) is 47.7 Å². The van der Waals surface area contributed by atoms with Crippen molar-refractivity contribution in [3.8, 4) is 0 Å². The molecule has 4 heteroatoms. The molecular formula is C22H35N2O2+. The SMILES string of the molecule is C[C@@H](CO)C1CC[C@H]2[C@@H]3CC[C@H]4C([N+]#N)=C(O)CC[C@]4(C)[C@H]3CC[C@]12C. The van der Waals surface area contributed by atoms with Gasteiger partial charge in [0.1, 0.15) is 0 Å². The molecule has 4 aliphatic rings. The summed E-state index contributed by atoms with van der Waals surface area (Å²) >= 11 is 0. The fourth-order valence-electron chi connectivity index (χ4n) is 8.21. The predicted octanol–water partition coefficient (Wildman–Crippen LogP) is 5.51. The summed E-state index contributed by atoms with van der Waals surface area (Å²) in [5.74, 6) is 3.78. The Kier molecular flexibility index (Phi) is 4.38. The average Bonchev–Trinajstić information content (AvgIpc) is 2.99. The average molecular weight is 360 g/mol. The molecule has 0 amide bonds. The molecule has 26 heavy (non-hydrogen) atoms. The van der Waals surface area contributed by atoms with Crippen LogP contribution < -0.4 is 0 Å². The molecule has 3 saturated carbocycles. The summed E-state index contributed by atoms with van der Waals surface area (Å²) in [6.45, 7) is 7.45. The van der Waals surface area contributed by atoms with Crippen molar-refractivity contribution in [3.05, 3.63) is 16.4 Å². The molecule has 0 bridgehead atoms. The fourth-order valence-corrected chi connectivity index (χ4v) is 8.21. The summed E-state index contributed by atoms with van der Waals surface area (Å²) in [5.41, 5.74) is 1.10. The summed E-state index contributed by atoms with van der Waals surface area (Å²) in [7, 11) is 0. The van der Waals surface area contributed by atoms with Crippen LogP contribution in [-0.4, -0.2) is 16.8 Å². The van der Waals surface area contributed by atoms with Crippen LogP contribution in [0.1, 0.15) is 72.1 Å². The highest BCUT2D eigenvalue weighted by Gasteiger charge is 2.63. The number of fused-ring (bicyclic) bond motifs is 5. The Morgan fingerprint density at radius 3 is 2.50 bits per heavy atom. The highest BCUT2D eigenvalue weighted by Crippen LogP contribution is 2.68. The van der Waals surface area contributed by atoms with Gasteiger partial charge in [-0.3, -0.25) is 0 Å². The van der Waals surface area contributed by atoms with Crippen LogP contribution in [0.25, 0.3) is 4.98 Å². The molecule has 0 spiro atoms. The van der Waals surface area contributed by atoms with Crippen LogP contribution in [0.3, 0.4) is 0 Å². The Balaban J connectivity index is 1.64. The normalized spacial score (nSPS) is 49.0. The summed E-state index contributed by atoms with van der Waals surface area (Å²) in [4.78, 5) is 3.52. The minimum Gasteiger partial charge on any atom is -0.505 e. The number of nitrogens with zero attached hydrogens (tertiary/aromatic N) is 2. The van der Waals surface area contributed by atoms with Crippen LogP contribution >= 0.6 is 0 Å². The largest absolute Gasteiger partial charge is 0.505 e. The highest BCUT2D eigenvalue weighted by molar-refractivity contribution is 5.26. The third-order valence-electron chi connectivity index (χ3n) is 9.55. The molecule has 144 valence electrons. The van der Waals surface area contributed by atoms with Gasteiger partial charge in [0.25, 0.3) is 0 Å². The van der Waals surface area contributed by atoms with Crippen molar-refractivity contribution >= 4 is 0 Å². The van der Waals surface area contributed by atoms with Crippen LogP contribution in [-0.2, 0) is 0 Å². The molecule has 0 aromatic carbocycles. The number of rotatable bonds is 2. The topological polar surface area (TPSA) is 68.6 Å².